The molecule has 1 saturated carbocycles. The zero-order valence-electron chi connectivity index (χ0n) is 8.55. The molecule has 2 rings (SSSR count). The summed E-state index contributed by atoms with van der Waals surface area (Å²) in [5.41, 5.74) is 1.49. The van der Waals surface area contributed by atoms with Gasteiger partial charge in [-0.25, -0.2) is 0 Å². The molecule has 13 heavy (non-hydrogen) atoms. The van der Waals surface area contributed by atoms with Gasteiger partial charge in [-0.05, 0) is 37.5 Å². The summed E-state index contributed by atoms with van der Waals surface area (Å²) in [5, 5.41) is 0. The first-order valence-electron chi connectivity index (χ1n) is 5.36. The Morgan fingerprint density at radius 3 is 2.92 bits per heavy atom. The minimum atomic E-state index is 0.472. The molecule has 2 aliphatic carbocycles. The molecule has 0 aromatic rings. The van der Waals surface area contributed by atoms with Crippen molar-refractivity contribution in [2.24, 2.45) is 17.8 Å². The van der Waals surface area contributed by atoms with E-state index in [4.69, 9.17) is 0 Å². The maximum atomic E-state index is 11.4. The predicted molar refractivity (Wildman–Crippen MR) is 53.4 cm³/mol. The first-order valence-corrected chi connectivity index (χ1v) is 5.36. The van der Waals surface area contributed by atoms with Crippen LogP contribution in [0.15, 0.2) is 11.6 Å². The highest BCUT2D eigenvalue weighted by Crippen LogP contribution is 2.40. The van der Waals surface area contributed by atoms with Crippen LogP contribution in [0, 0.1) is 17.8 Å². The molecule has 0 unspecified atom stereocenters. The van der Waals surface area contributed by atoms with Crippen molar-refractivity contribution in [2.75, 3.05) is 0 Å². The van der Waals surface area contributed by atoms with Gasteiger partial charge in [0.1, 0.15) is 5.78 Å². The SMILES string of the molecule is CC1=C[C@@H]2CC(=O)C[C@@H](C)[C@@H]2CC1. The van der Waals surface area contributed by atoms with E-state index in [1.54, 1.807) is 0 Å². The molecule has 0 amide bonds. The van der Waals surface area contributed by atoms with Crippen molar-refractivity contribution in [1.29, 1.82) is 0 Å². The van der Waals surface area contributed by atoms with E-state index in [0.717, 1.165) is 18.8 Å². The molecular weight excluding hydrogens is 160 g/mol. The third-order valence-electron chi connectivity index (χ3n) is 3.66. The Labute approximate surface area is 80.2 Å². The third kappa shape index (κ3) is 1.70. The van der Waals surface area contributed by atoms with E-state index < -0.39 is 0 Å². The van der Waals surface area contributed by atoms with Crippen LogP contribution in [0.5, 0.6) is 0 Å². The normalized spacial score (nSPS) is 39.7. The van der Waals surface area contributed by atoms with Crippen molar-refractivity contribution < 1.29 is 4.79 Å². The highest BCUT2D eigenvalue weighted by Gasteiger charge is 2.34. The minimum absolute atomic E-state index is 0.472. The van der Waals surface area contributed by atoms with E-state index in [-0.39, 0.29) is 0 Å². The molecule has 0 aromatic heterocycles. The smallest absolute Gasteiger partial charge is 0.133 e. The second kappa shape index (κ2) is 3.28. The molecule has 0 spiro atoms. The van der Waals surface area contributed by atoms with E-state index in [2.05, 4.69) is 19.9 Å². The Morgan fingerprint density at radius 2 is 2.15 bits per heavy atom. The third-order valence-corrected chi connectivity index (χ3v) is 3.66. The fourth-order valence-electron chi connectivity index (χ4n) is 2.95. The number of fused-ring (bicyclic) bond motifs is 1. The van der Waals surface area contributed by atoms with E-state index in [1.165, 1.54) is 18.4 Å². The number of rotatable bonds is 0. The molecule has 0 saturated heterocycles. The van der Waals surface area contributed by atoms with Crippen LogP contribution in [0.3, 0.4) is 0 Å². The van der Waals surface area contributed by atoms with Crippen LogP contribution in [0.2, 0.25) is 0 Å². The molecule has 72 valence electrons. The van der Waals surface area contributed by atoms with Gasteiger partial charge in [0.15, 0.2) is 0 Å². The van der Waals surface area contributed by atoms with Crippen molar-refractivity contribution in [3.05, 3.63) is 11.6 Å². The Bertz CT molecular complexity index is 252. The fourth-order valence-corrected chi connectivity index (χ4v) is 2.95. The van der Waals surface area contributed by atoms with Crippen LogP contribution >= 0.6 is 0 Å². The number of ketones is 1. The summed E-state index contributed by atoms with van der Waals surface area (Å²) in [6.45, 7) is 4.43. The van der Waals surface area contributed by atoms with E-state index in [9.17, 15) is 4.79 Å². The molecule has 3 atom stereocenters. The van der Waals surface area contributed by atoms with Crippen molar-refractivity contribution >= 4 is 5.78 Å². The molecule has 1 heteroatoms. The van der Waals surface area contributed by atoms with Gasteiger partial charge in [-0.2, -0.15) is 0 Å². The first-order chi connectivity index (χ1) is 6.16. The number of hydrogen-bond donors (Lipinski definition) is 0. The summed E-state index contributed by atoms with van der Waals surface area (Å²) < 4.78 is 0. The maximum absolute atomic E-state index is 11.4. The van der Waals surface area contributed by atoms with Crippen LogP contribution < -0.4 is 0 Å². The Morgan fingerprint density at radius 1 is 1.38 bits per heavy atom. The predicted octanol–water partition coefficient (Wildman–Crippen LogP) is 2.96. The molecule has 1 nitrogen and oxygen atoms in total. The van der Waals surface area contributed by atoms with Crippen molar-refractivity contribution in [3.8, 4) is 0 Å². The van der Waals surface area contributed by atoms with Gasteiger partial charge in [-0.3, -0.25) is 4.79 Å². The number of hydrogen-bond acceptors (Lipinski definition) is 1. The minimum Gasteiger partial charge on any atom is -0.300 e. The summed E-state index contributed by atoms with van der Waals surface area (Å²) in [5.74, 6) is 2.46. The van der Waals surface area contributed by atoms with Gasteiger partial charge in [-0.15, -0.1) is 0 Å². The van der Waals surface area contributed by atoms with E-state index in [0.29, 0.717) is 17.6 Å². The van der Waals surface area contributed by atoms with Gasteiger partial charge in [0, 0.05) is 12.8 Å². The summed E-state index contributed by atoms with van der Waals surface area (Å²) in [7, 11) is 0. The van der Waals surface area contributed by atoms with Crippen LogP contribution in [0.4, 0.5) is 0 Å². The molecule has 0 N–H and O–H groups in total. The lowest BCUT2D eigenvalue weighted by Crippen LogP contribution is -2.32. The van der Waals surface area contributed by atoms with E-state index in [1.807, 2.05) is 0 Å². The van der Waals surface area contributed by atoms with Gasteiger partial charge in [-0.1, -0.05) is 18.6 Å². The Kier molecular flexibility index (Phi) is 2.27. The molecule has 0 heterocycles. The zero-order chi connectivity index (χ0) is 9.42. The number of carbonyl (C=O) groups excluding carboxylic acids is 1. The highest BCUT2D eigenvalue weighted by atomic mass is 16.1. The average Bonchev–Trinajstić information content (AvgIpc) is 2.02. The van der Waals surface area contributed by atoms with Crippen molar-refractivity contribution in [2.45, 2.75) is 39.5 Å². The molecule has 0 bridgehead atoms. The number of Topliss-reactive ketones (excluding diaryl/α,β-unsaturated/α-hetero) is 1. The standard InChI is InChI=1S/C12H18O/c1-8-3-4-12-9(2)6-11(13)7-10(12)5-8/h5,9-10,12H,3-4,6-7H2,1-2H3/t9-,10-,12+/m1/s1. The highest BCUT2D eigenvalue weighted by molar-refractivity contribution is 5.80. The van der Waals surface area contributed by atoms with Gasteiger partial charge >= 0.3 is 0 Å². The van der Waals surface area contributed by atoms with E-state index >= 15 is 0 Å². The average molecular weight is 178 g/mol. The molecule has 2 aliphatic rings. The quantitative estimate of drug-likeness (QED) is 0.521. The Balaban J connectivity index is 2.18. The lowest BCUT2D eigenvalue weighted by Gasteiger charge is -2.37. The first kappa shape index (κ1) is 8.98. The second-order valence-corrected chi connectivity index (χ2v) is 4.80. The summed E-state index contributed by atoms with van der Waals surface area (Å²) in [6, 6.07) is 0. The van der Waals surface area contributed by atoms with Gasteiger partial charge < -0.3 is 0 Å². The van der Waals surface area contributed by atoms with Crippen LogP contribution in [-0.4, -0.2) is 5.78 Å². The largest absolute Gasteiger partial charge is 0.300 e. The monoisotopic (exact) mass is 178 g/mol. The van der Waals surface area contributed by atoms with Crippen molar-refractivity contribution in [1.82, 2.24) is 0 Å². The van der Waals surface area contributed by atoms with Crippen molar-refractivity contribution in [3.63, 3.8) is 0 Å². The topological polar surface area (TPSA) is 17.1 Å². The Hall–Kier alpha value is -0.590. The summed E-state index contributed by atoms with van der Waals surface area (Å²) in [6.07, 6.45) is 6.54. The van der Waals surface area contributed by atoms with Crippen LogP contribution in [-0.2, 0) is 4.79 Å². The van der Waals surface area contributed by atoms with Gasteiger partial charge in [0.05, 0.1) is 0 Å². The second-order valence-electron chi connectivity index (χ2n) is 4.80. The van der Waals surface area contributed by atoms with Crippen LogP contribution in [0.25, 0.3) is 0 Å². The number of carbonyl (C=O) groups is 1. The number of allylic oxidation sites excluding steroid dienone is 2. The van der Waals surface area contributed by atoms with Gasteiger partial charge in [0.25, 0.3) is 0 Å². The summed E-state index contributed by atoms with van der Waals surface area (Å²) in [4.78, 5) is 11.4. The fraction of sp³-hybridized carbons (Fsp3) is 0.750. The van der Waals surface area contributed by atoms with Gasteiger partial charge in [0.2, 0.25) is 0 Å². The molecule has 1 fully saturated rings. The molecule has 0 radical (unpaired) electrons. The lowest BCUT2D eigenvalue weighted by molar-refractivity contribution is -0.123. The maximum Gasteiger partial charge on any atom is 0.133 e. The molecule has 0 aromatic carbocycles. The molecular formula is C12H18O. The van der Waals surface area contributed by atoms with Crippen LogP contribution in [0.1, 0.15) is 39.5 Å². The molecule has 0 aliphatic heterocycles. The lowest BCUT2D eigenvalue weighted by atomic mass is 9.67. The summed E-state index contributed by atoms with van der Waals surface area (Å²) >= 11 is 0. The zero-order valence-corrected chi connectivity index (χ0v) is 8.55.